The van der Waals surface area contributed by atoms with Gasteiger partial charge in [-0.1, -0.05) is 61.0 Å². The van der Waals surface area contributed by atoms with E-state index < -0.39 is 10.0 Å². The lowest BCUT2D eigenvalue weighted by Crippen LogP contribution is -2.35. The molecule has 0 unspecified atom stereocenters. The minimum absolute atomic E-state index is 0.171. The highest BCUT2D eigenvalue weighted by atomic mass is 32.2. The van der Waals surface area contributed by atoms with Crippen LogP contribution in [0, 0.1) is 0 Å². The number of nitrogens with zero attached hydrogens (tertiary/aromatic N) is 2. The van der Waals surface area contributed by atoms with E-state index in [4.69, 9.17) is 0 Å². The minimum atomic E-state index is -3.60. The van der Waals surface area contributed by atoms with Crippen LogP contribution in [0.25, 0.3) is 11.1 Å². The molecule has 0 spiro atoms. The molecule has 0 aromatic heterocycles. The van der Waals surface area contributed by atoms with Gasteiger partial charge in [-0.25, -0.2) is 8.42 Å². The highest BCUT2D eigenvalue weighted by Crippen LogP contribution is 2.31. The van der Waals surface area contributed by atoms with Gasteiger partial charge in [0.05, 0.1) is 10.6 Å². The summed E-state index contributed by atoms with van der Waals surface area (Å²) in [5, 5.41) is 0. The summed E-state index contributed by atoms with van der Waals surface area (Å²) in [4.78, 5) is 15.1. The van der Waals surface area contributed by atoms with Crippen molar-refractivity contribution in [1.82, 2.24) is 4.31 Å². The minimum Gasteiger partial charge on any atom is -0.311 e. The van der Waals surface area contributed by atoms with E-state index in [0.717, 1.165) is 36.1 Å². The maximum Gasteiger partial charge on any atom is 0.258 e. The Balaban J connectivity index is 1.65. The van der Waals surface area contributed by atoms with Crippen LogP contribution in [0.5, 0.6) is 0 Å². The topological polar surface area (TPSA) is 57.7 Å². The van der Waals surface area contributed by atoms with Crippen LogP contribution in [0.3, 0.4) is 0 Å². The van der Waals surface area contributed by atoms with E-state index in [-0.39, 0.29) is 10.8 Å². The van der Waals surface area contributed by atoms with Crippen LogP contribution in [-0.2, 0) is 10.0 Å². The summed E-state index contributed by atoms with van der Waals surface area (Å²) in [6.45, 7) is 1.07. The van der Waals surface area contributed by atoms with E-state index in [1.54, 1.807) is 30.1 Å². The molecule has 5 nitrogen and oxygen atoms in total. The highest BCUT2D eigenvalue weighted by molar-refractivity contribution is 7.89. The van der Waals surface area contributed by atoms with E-state index in [0.29, 0.717) is 18.7 Å². The first-order valence-corrected chi connectivity index (χ1v) is 12.0. The van der Waals surface area contributed by atoms with Gasteiger partial charge in [0.15, 0.2) is 0 Å². The number of para-hydroxylation sites is 1. The van der Waals surface area contributed by atoms with Crippen LogP contribution in [0.4, 0.5) is 5.69 Å². The molecule has 1 aliphatic heterocycles. The molecule has 0 radical (unpaired) electrons. The largest absolute Gasteiger partial charge is 0.311 e. The molecule has 0 atom stereocenters. The summed E-state index contributed by atoms with van der Waals surface area (Å²) in [5.74, 6) is -0.251. The van der Waals surface area contributed by atoms with Gasteiger partial charge in [-0.3, -0.25) is 4.79 Å². The Morgan fingerprint density at radius 1 is 0.839 bits per heavy atom. The summed E-state index contributed by atoms with van der Waals surface area (Å²) >= 11 is 0. The molecule has 0 aliphatic carbocycles. The monoisotopic (exact) mass is 434 g/mol. The van der Waals surface area contributed by atoms with Gasteiger partial charge >= 0.3 is 0 Å². The molecule has 1 saturated heterocycles. The highest BCUT2D eigenvalue weighted by Gasteiger charge is 2.27. The first kappa shape index (κ1) is 21.3. The third-order valence-corrected chi connectivity index (χ3v) is 7.58. The Kier molecular flexibility index (Phi) is 6.20. The summed E-state index contributed by atoms with van der Waals surface area (Å²) in [7, 11) is -1.88. The lowest BCUT2D eigenvalue weighted by atomic mass is 10.0. The molecule has 1 amide bonds. The van der Waals surface area contributed by atoms with E-state index in [2.05, 4.69) is 0 Å². The second kappa shape index (κ2) is 9.04. The standard InChI is InChI=1S/C25H26N2O3S/c1-26(24-16-7-6-15-23(24)20-11-4-2-5-12-20)25(28)21-13-10-14-22(19-21)31(29,30)27-17-8-3-9-18-27/h2,4-7,10-16,19H,3,8-9,17-18H2,1H3. The van der Waals surface area contributed by atoms with Crippen molar-refractivity contribution in [3.8, 4) is 11.1 Å². The van der Waals surface area contributed by atoms with Crippen LogP contribution in [0.2, 0.25) is 0 Å². The Morgan fingerprint density at radius 2 is 1.52 bits per heavy atom. The van der Waals surface area contributed by atoms with Gasteiger partial charge < -0.3 is 4.90 Å². The Labute approximate surface area is 184 Å². The van der Waals surface area contributed by atoms with Crippen molar-refractivity contribution >= 4 is 21.6 Å². The Bertz CT molecular complexity index is 1170. The van der Waals surface area contributed by atoms with Crippen LogP contribution in [-0.4, -0.2) is 38.8 Å². The van der Waals surface area contributed by atoms with Gasteiger partial charge in [0, 0.05) is 31.3 Å². The fraction of sp³-hybridized carbons (Fsp3) is 0.240. The van der Waals surface area contributed by atoms with Crippen LogP contribution < -0.4 is 4.90 Å². The zero-order valence-corrected chi connectivity index (χ0v) is 18.4. The molecule has 3 aromatic rings. The van der Waals surface area contributed by atoms with E-state index >= 15 is 0 Å². The fourth-order valence-corrected chi connectivity index (χ4v) is 5.54. The van der Waals surface area contributed by atoms with Crippen molar-refractivity contribution in [3.05, 3.63) is 84.4 Å². The number of anilines is 1. The summed E-state index contributed by atoms with van der Waals surface area (Å²) in [6, 6.07) is 24.0. The average molecular weight is 435 g/mol. The number of carbonyl (C=O) groups excluding carboxylic acids is 1. The van der Waals surface area contributed by atoms with Gasteiger partial charge in [-0.05, 0) is 42.7 Å². The first-order chi connectivity index (χ1) is 15.0. The number of carbonyl (C=O) groups is 1. The van der Waals surface area contributed by atoms with Gasteiger partial charge in [0.1, 0.15) is 0 Å². The predicted molar refractivity (Wildman–Crippen MR) is 124 cm³/mol. The third-order valence-electron chi connectivity index (χ3n) is 5.69. The lowest BCUT2D eigenvalue weighted by Gasteiger charge is -2.26. The Morgan fingerprint density at radius 3 is 2.26 bits per heavy atom. The normalized spacial score (nSPS) is 14.9. The van der Waals surface area contributed by atoms with Crippen LogP contribution >= 0.6 is 0 Å². The van der Waals surface area contributed by atoms with E-state index in [1.165, 1.54) is 10.4 Å². The average Bonchev–Trinajstić information content (AvgIpc) is 2.84. The summed E-state index contributed by atoms with van der Waals surface area (Å²) < 4.78 is 27.6. The number of piperidine rings is 1. The number of hydrogen-bond donors (Lipinski definition) is 0. The molecule has 0 bridgehead atoms. The van der Waals surface area contributed by atoms with Crippen molar-refractivity contribution in [2.45, 2.75) is 24.2 Å². The predicted octanol–water partition coefficient (Wildman–Crippen LogP) is 4.80. The fourth-order valence-electron chi connectivity index (χ4n) is 3.97. The van der Waals surface area contributed by atoms with Crippen molar-refractivity contribution in [2.75, 3.05) is 25.0 Å². The molecule has 4 rings (SSSR count). The third kappa shape index (κ3) is 4.40. The van der Waals surface area contributed by atoms with Gasteiger partial charge in [-0.15, -0.1) is 0 Å². The zero-order valence-electron chi connectivity index (χ0n) is 17.6. The first-order valence-electron chi connectivity index (χ1n) is 10.5. The zero-order chi connectivity index (χ0) is 21.8. The molecule has 1 fully saturated rings. The molecule has 1 aliphatic rings. The molecule has 1 heterocycles. The summed E-state index contributed by atoms with van der Waals surface area (Å²) in [6.07, 6.45) is 2.80. The van der Waals surface area contributed by atoms with Crippen LogP contribution in [0.15, 0.2) is 83.8 Å². The maximum atomic E-state index is 13.3. The van der Waals surface area contributed by atoms with Gasteiger partial charge in [-0.2, -0.15) is 4.31 Å². The van der Waals surface area contributed by atoms with Crippen molar-refractivity contribution in [3.63, 3.8) is 0 Å². The number of benzene rings is 3. The van der Waals surface area contributed by atoms with Crippen molar-refractivity contribution in [1.29, 1.82) is 0 Å². The molecule has 160 valence electrons. The van der Waals surface area contributed by atoms with Gasteiger partial charge in [0.2, 0.25) is 10.0 Å². The van der Waals surface area contributed by atoms with Crippen molar-refractivity contribution < 1.29 is 13.2 Å². The van der Waals surface area contributed by atoms with E-state index in [9.17, 15) is 13.2 Å². The summed E-state index contributed by atoms with van der Waals surface area (Å²) in [5.41, 5.74) is 3.07. The number of hydrogen-bond acceptors (Lipinski definition) is 3. The molecular formula is C25H26N2O3S. The molecule has 31 heavy (non-hydrogen) atoms. The van der Waals surface area contributed by atoms with Crippen molar-refractivity contribution in [2.24, 2.45) is 0 Å². The van der Waals surface area contributed by atoms with Gasteiger partial charge in [0.25, 0.3) is 5.91 Å². The molecule has 3 aromatic carbocycles. The second-order valence-electron chi connectivity index (χ2n) is 7.74. The second-order valence-corrected chi connectivity index (χ2v) is 9.68. The van der Waals surface area contributed by atoms with Crippen LogP contribution in [0.1, 0.15) is 29.6 Å². The molecule has 0 saturated carbocycles. The molecule has 0 N–H and O–H groups in total. The Hall–Kier alpha value is -2.96. The SMILES string of the molecule is CN(C(=O)c1cccc(S(=O)(=O)N2CCCCC2)c1)c1ccccc1-c1ccccc1. The quantitative estimate of drug-likeness (QED) is 0.579. The number of amides is 1. The number of rotatable bonds is 5. The smallest absolute Gasteiger partial charge is 0.258 e. The maximum absolute atomic E-state index is 13.3. The molecular weight excluding hydrogens is 408 g/mol. The van der Waals surface area contributed by atoms with E-state index in [1.807, 2.05) is 54.6 Å². The number of sulfonamides is 1. The molecule has 6 heteroatoms. The lowest BCUT2D eigenvalue weighted by molar-refractivity contribution is 0.0993.